The molecule has 3 heterocycles. The van der Waals surface area contributed by atoms with Crippen molar-refractivity contribution < 1.29 is 37.1 Å². The standard InChI is InChI=1S/C26H25FN2O7/c1-3-33-25(31)23-19(28-26(32)29-24(23)21-11-8-15(2)35-21)14-34-22(30)13-10-16-9-12-20(36-16)17-6-4-5-7-18(17)27/h4-9,11-12,24H,3,10,13-14H2,1-2H3,(H2,28,29,32)/t24-/m0/s1. The second-order valence-corrected chi connectivity index (χ2v) is 8.00. The Morgan fingerprint density at radius 1 is 1.06 bits per heavy atom. The van der Waals surface area contributed by atoms with Gasteiger partial charge in [-0.1, -0.05) is 12.1 Å². The number of rotatable bonds is 9. The summed E-state index contributed by atoms with van der Waals surface area (Å²) in [5.74, 6) is 0.134. The van der Waals surface area contributed by atoms with Crippen LogP contribution in [0.2, 0.25) is 0 Å². The number of benzene rings is 1. The van der Waals surface area contributed by atoms with Gasteiger partial charge in [-0.25, -0.2) is 14.0 Å². The molecule has 188 valence electrons. The van der Waals surface area contributed by atoms with Crippen molar-refractivity contribution >= 4 is 18.0 Å². The van der Waals surface area contributed by atoms with Gasteiger partial charge in [0.15, 0.2) is 0 Å². The van der Waals surface area contributed by atoms with Crippen LogP contribution in [0.5, 0.6) is 0 Å². The Labute approximate surface area is 206 Å². The number of esters is 2. The molecule has 0 unspecified atom stereocenters. The van der Waals surface area contributed by atoms with Crippen LogP contribution in [-0.2, 0) is 25.5 Å². The van der Waals surface area contributed by atoms with Crippen molar-refractivity contribution in [2.75, 3.05) is 13.2 Å². The summed E-state index contributed by atoms with van der Waals surface area (Å²) in [6.45, 7) is 3.16. The van der Waals surface area contributed by atoms with Crippen molar-refractivity contribution in [3.8, 4) is 11.3 Å². The topological polar surface area (TPSA) is 120 Å². The van der Waals surface area contributed by atoms with Crippen molar-refractivity contribution in [1.82, 2.24) is 10.6 Å². The molecule has 2 amide bonds. The fraction of sp³-hybridized carbons (Fsp3) is 0.269. The zero-order valence-corrected chi connectivity index (χ0v) is 19.8. The molecule has 36 heavy (non-hydrogen) atoms. The molecule has 0 radical (unpaired) electrons. The Hall–Kier alpha value is -4.34. The first-order chi connectivity index (χ1) is 17.4. The highest BCUT2D eigenvalue weighted by molar-refractivity contribution is 5.95. The lowest BCUT2D eigenvalue weighted by atomic mass is 10.0. The predicted octanol–water partition coefficient (Wildman–Crippen LogP) is 4.33. The number of hydrogen-bond donors (Lipinski definition) is 2. The van der Waals surface area contributed by atoms with Crippen molar-refractivity contribution in [3.63, 3.8) is 0 Å². The van der Waals surface area contributed by atoms with Gasteiger partial charge in [0, 0.05) is 6.42 Å². The van der Waals surface area contributed by atoms with Gasteiger partial charge in [0.2, 0.25) is 0 Å². The van der Waals surface area contributed by atoms with Crippen LogP contribution in [0.1, 0.15) is 36.7 Å². The highest BCUT2D eigenvalue weighted by Gasteiger charge is 2.36. The van der Waals surface area contributed by atoms with E-state index in [1.165, 1.54) is 6.07 Å². The Bertz CT molecular complexity index is 1310. The molecular weight excluding hydrogens is 471 g/mol. The van der Waals surface area contributed by atoms with E-state index in [1.54, 1.807) is 56.3 Å². The normalized spacial score (nSPS) is 15.3. The second kappa shape index (κ2) is 10.9. The van der Waals surface area contributed by atoms with Gasteiger partial charge in [-0.2, -0.15) is 0 Å². The van der Waals surface area contributed by atoms with Gasteiger partial charge < -0.3 is 28.9 Å². The summed E-state index contributed by atoms with van der Waals surface area (Å²) >= 11 is 0. The number of furan rings is 2. The maximum atomic E-state index is 14.0. The van der Waals surface area contributed by atoms with E-state index in [1.807, 2.05) is 0 Å². The molecule has 2 aromatic heterocycles. The summed E-state index contributed by atoms with van der Waals surface area (Å²) in [5, 5.41) is 5.16. The maximum absolute atomic E-state index is 14.0. The summed E-state index contributed by atoms with van der Waals surface area (Å²) < 4.78 is 35.7. The number of urea groups is 1. The zero-order valence-electron chi connectivity index (χ0n) is 19.8. The van der Waals surface area contributed by atoms with Crippen LogP contribution in [-0.4, -0.2) is 31.2 Å². The fourth-order valence-corrected chi connectivity index (χ4v) is 3.77. The lowest BCUT2D eigenvalue weighted by Crippen LogP contribution is -2.47. The molecule has 3 aromatic rings. The van der Waals surface area contributed by atoms with E-state index in [9.17, 15) is 18.8 Å². The third-order valence-corrected chi connectivity index (χ3v) is 5.45. The van der Waals surface area contributed by atoms with E-state index >= 15 is 0 Å². The number of nitrogens with one attached hydrogen (secondary N) is 2. The molecule has 9 nitrogen and oxygen atoms in total. The third kappa shape index (κ3) is 5.65. The highest BCUT2D eigenvalue weighted by atomic mass is 19.1. The average Bonchev–Trinajstić information content (AvgIpc) is 3.50. The van der Waals surface area contributed by atoms with E-state index in [2.05, 4.69) is 10.6 Å². The Morgan fingerprint density at radius 3 is 2.58 bits per heavy atom. The highest BCUT2D eigenvalue weighted by Crippen LogP contribution is 2.29. The number of hydrogen-bond acceptors (Lipinski definition) is 7. The summed E-state index contributed by atoms with van der Waals surface area (Å²) in [6, 6.07) is 11.4. The molecule has 0 spiro atoms. The van der Waals surface area contributed by atoms with Crippen molar-refractivity contribution in [2.45, 2.75) is 32.7 Å². The minimum Gasteiger partial charge on any atom is -0.464 e. The van der Waals surface area contributed by atoms with Crippen LogP contribution < -0.4 is 10.6 Å². The molecule has 0 saturated heterocycles. The van der Waals surface area contributed by atoms with E-state index < -0.39 is 29.8 Å². The fourth-order valence-electron chi connectivity index (χ4n) is 3.77. The Balaban J connectivity index is 1.43. The van der Waals surface area contributed by atoms with Crippen LogP contribution in [0.15, 0.2) is 68.6 Å². The summed E-state index contributed by atoms with van der Waals surface area (Å²) in [5.41, 5.74) is 0.510. The number of halogens is 1. The van der Waals surface area contributed by atoms with Gasteiger partial charge in [-0.15, -0.1) is 0 Å². The van der Waals surface area contributed by atoms with Crippen molar-refractivity contribution in [1.29, 1.82) is 0 Å². The van der Waals surface area contributed by atoms with Crippen LogP contribution in [0.25, 0.3) is 11.3 Å². The van der Waals surface area contributed by atoms with Gasteiger partial charge in [0.25, 0.3) is 0 Å². The SMILES string of the molecule is CCOC(=O)C1=C(COC(=O)CCc2ccc(-c3ccccc3F)o2)NC(=O)N[C@H]1c1ccc(C)o1. The van der Waals surface area contributed by atoms with Gasteiger partial charge in [0.05, 0.1) is 29.9 Å². The monoisotopic (exact) mass is 496 g/mol. The quantitative estimate of drug-likeness (QED) is 0.423. The van der Waals surface area contributed by atoms with E-state index in [4.69, 9.17) is 18.3 Å². The first-order valence-corrected chi connectivity index (χ1v) is 11.4. The first kappa shape index (κ1) is 24.8. The molecule has 0 saturated carbocycles. The molecular formula is C26H25FN2O7. The smallest absolute Gasteiger partial charge is 0.338 e. The number of amides is 2. The van der Waals surface area contributed by atoms with Gasteiger partial charge in [0.1, 0.15) is 41.5 Å². The van der Waals surface area contributed by atoms with Crippen LogP contribution in [0, 0.1) is 12.7 Å². The van der Waals surface area contributed by atoms with E-state index in [0.717, 1.165) is 0 Å². The Morgan fingerprint density at radius 2 is 1.86 bits per heavy atom. The maximum Gasteiger partial charge on any atom is 0.338 e. The van der Waals surface area contributed by atoms with Crippen molar-refractivity contribution in [2.24, 2.45) is 0 Å². The third-order valence-electron chi connectivity index (χ3n) is 5.45. The van der Waals surface area contributed by atoms with Crippen LogP contribution in [0.4, 0.5) is 9.18 Å². The number of aryl methyl sites for hydroxylation is 2. The second-order valence-electron chi connectivity index (χ2n) is 8.00. The lowest BCUT2D eigenvalue weighted by Gasteiger charge is -2.27. The number of carbonyl (C=O) groups excluding carboxylic acids is 3. The molecule has 1 atom stereocenters. The molecule has 4 rings (SSSR count). The predicted molar refractivity (Wildman–Crippen MR) is 125 cm³/mol. The average molecular weight is 496 g/mol. The molecule has 0 bridgehead atoms. The summed E-state index contributed by atoms with van der Waals surface area (Å²) in [4.78, 5) is 37.4. The zero-order chi connectivity index (χ0) is 25.7. The largest absolute Gasteiger partial charge is 0.464 e. The summed E-state index contributed by atoms with van der Waals surface area (Å²) in [6.07, 6.45) is 0.193. The molecule has 1 aliphatic rings. The van der Waals surface area contributed by atoms with Crippen LogP contribution in [0.3, 0.4) is 0 Å². The Kier molecular flexibility index (Phi) is 7.53. The minimum atomic E-state index is -0.903. The number of carbonyl (C=O) groups is 3. The van der Waals surface area contributed by atoms with E-state index in [0.29, 0.717) is 28.6 Å². The van der Waals surface area contributed by atoms with E-state index in [-0.39, 0.29) is 37.3 Å². The summed E-state index contributed by atoms with van der Waals surface area (Å²) in [7, 11) is 0. The molecule has 2 N–H and O–H groups in total. The van der Waals surface area contributed by atoms with Gasteiger partial charge >= 0.3 is 18.0 Å². The minimum absolute atomic E-state index is 0.0285. The van der Waals surface area contributed by atoms with Gasteiger partial charge in [-0.05, 0) is 50.2 Å². The van der Waals surface area contributed by atoms with Crippen molar-refractivity contribution in [3.05, 3.63) is 82.9 Å². The lowest BCUT2D eigenvalue weighted by molar-refractivity contribution is -0.143. The molecule has 10 heteroatoms. The number of ether oxygens (including phenoxy) is 2. The molecule has 0 aliphatic carbocycles. The molecule has 1 aromatic carbocycles. The van der Waals surface area contributed by atoms with Gasteiger partial charge in [-0.3, -0.25) is 4.79 Å². The first-order valence-electron chi connectivity index (χ1n) is 11.4. The van der Waals surface area contributed by atoms with Crippen LogP contribution >= 0.6 is 0 Å². The molecule has 0 fully saturated rings. The molecule has 1 aliphatic heterocycles.